The van der Waals surface area contributed by atoms with Crippen LogP contribution in [-0.4, -0.2) is 6.18 Å². The summed E-state index contributed by atoms with van der Waals surface area (Å²) in [6.45, 7) is 1.74. The van der Waals surface area contributed by atoms with Crippen LogP contribution in [0.5, 0.6) is 0 Å². The topological polar surface area (TPSA) is 0 Å². The maximum atomic E-state index is 11.2. The van der Waals surface area contributed by atoms with Crippen LogP contribution in [0.15, 0.2) is 0 Å². The first-order chi connectivity index (χ1) is 3.56. The first kappa shape index (κ1) is 12.3. The minimum absolute atomic E-state index is 0. The van der Waals surface area contributed by atoms with Gasteiger partial charge in [-0.05, 0) is 6.42 Å². The standard InChI is InChI=1S/C5H9F3.Hf/c1-2-3-4-5(6,7)8;/h2-4H2,1H3;. The average molecular weight is 305 g/mol. The Kier molecular flexibility index (Phi) is 7.47. The quantitative estimate of drug-likeness (QED) is 0.688. The van der Waals surface area contributed by atoms with Gasteiger partial charge in [0.25, 0.3) is 0 Å². The zero-order valence-corrected chi connectivity index (χ0v) is 8.85. The van der Waals surface area contributed by atoms with Crippen LogP contribution in [0.25, 0.3) is 0 Å². The zero-order valence-electron chi connectivity index (χ0n) is 5.26. The molecule has 0 spiro atoms. The molecule has 0 N–H and O–H groups in total. The minimum atomic E-state index is -3.95. The Morgan fingerprint density at radius 1 is 1.22 bits per heavy atom. The van der Waals surface area contributed by atoms with Crippen molar-refractivity contribution in [3.05, 3.63) is 0 Å². The third-order valence-corrected chi connectivity index (χ3v) is 0.814. The van der Waals surface area contributed by atoms with Gasteiger partial charge in [-0.15, -0.1) is 0 Å². The molecule has 0 aliphatic rings. The van der Waals surface area contributed by atoms with Gasteiger partial charge in [0.05, 0.1) is 0 Å². The first-order valence-electron chi connectivity index (χ1n) is 2.63. The molecule has 0 rings (SSSR count). The third kappa shape index (κ3) is 12.0. The number of hydrogen-bond donors (Lipinski definition) is 0. The van der Waals surface area contributed by atoms with Gasteiger partial charge in [0.1, 0.15) is 0 Å². The van der Waals surface area contributed by atoms with Gasteiger partial charge in [0.2, 0.25) is 0 Å². The fourth-order valence-electron chi connectivity index (χ4n) is 0.377. The molecule has 0 heterocycles. The molecule has 0 saturated carbocycles. The molecule has 4 heteroatoms. The number of halogens is 3. The SMILES string of the molecule is CCCCC(F)(F)F.[Hf]. The van der Waals surface area contributed by atoms with Crippen LogP contribution >= 0.6 is 0 Å². The predicted molar refractivity (Wildman–Crippen MR) is 25.6 cm³/mol. The van der Waals surface area contributed by atoms with Crippen molar-refractivity contribution in [3.63, 3.8) is 0 Å². The van der Waals surface area contributed by atoms with Crippen LogP contribution in [0.2, 0.25) is 0 Å². The number of hydrogen-bond acceptors (Lipinski definition) is 0. The minimum Gasteiger partial charge on any atom is -0.171 e. The second kappa shape index (κ2) is 5.45. The van der Waals surface area contributed by atoms with Crippen molar-refractivity contribution in [2.24, 2.45) is 0 Å². The molecule has 0 nitrogen and oxygen atoms in total. The van der Waals surface area contributed by atoms with E-state index in [4.69, 9.17) is 0 Å². The van der Waals surface area contributed by atoms with Crippen LogP contribution in [0.3, 0.4) is 0 Å². The Morgan fingerprint density at radius 3 is 1.78 bits per heavy atom. The summed E-state index contributed by atoms with van der Waals surface area (Å²) in [5.74, 6) is 0. The van der Waals surface area contributed by atoms with E-state index in [1.54, 1.807) is 6.92 Å². The zero-order chi connectivity index (χ0) is 6.62. The number of alkyl halides is 3. The molecule has 0 bridgehead atoms. The molecule has 0 unspecified atom stereocenters. The fraction of sp³-hybridized carbons (Fsp3) is 1.00. The molecule has 0 amide bonds. The van der Waals surface area contributed by atoms with Crippen LogP contribution < -0.4 is 0 Å². The number of rotatable bonds is 2. The van der Waals surface area contributed by atoms with E-state index in [9.17, 15) is 13.2 Å². The van der Waals surface area contributed by atoms with E-state index in [-0.39, 0.29) is 32.3 Å². The molecule has 0 aromatic carbocycles. The van der Waals surface area contributed by atoms with Gasteiger partial charge in [0.15, 0.2) is 0 Å². The Labute approximate surface area is 71.6 Å². The first-order valence-corrected chi connectivity index (χ1v) is 2.63. The molecule has 0 fully saturated rings. The summed E-state index contributed by atoms with van der Waals surface area (Å²) in [5, 5.41) is 0. The predicted octanol–water partition coefficient (Wildman–Crippen LogP) is 2.74. The summed E-state index contributed by atoms with van der Waals surface area (Å²) in [6.07, 6.45) is -3.72. The van der Waals surface area contributed by atoms with E-state index in [0.29, 0.717) is 6.42 Å². The summed E-state index contributed by atoms with van der Waals surface area (Å²) in [6, 6.07) is 0. The Bertz CT molecular complexity index is 59.7. The summed E-state index contributed by atoms with van der Waals surface area (Å²) >= 11 is 0. The van der Waals surface area contributed by atoms with Crippen molar-refractivity contribution < 1.29 is 39.0 Å². The Morgan fingerprint density at radius 2 is 1.67 bits per heavy atom. The molecular weight excluding hydrogens is 296 g/mol. The van der Waals surface area contributed by atoms with E-state index in [0.717, 1.165) is 0 Å². The smallest absolute Gasteiger partial charge is 0.171 e. The molecule has 0 aromatic heterocycles. The van der Waals surface area contributed by atoms with Gasteiger partial charge in [-0.2, -0.15) is 13.2 Å². The summed E-state index contributed by atoms with van der Waals surface area (Å²) in [5.41, 5.74) is 0. The molecule has 0 radical (unpaired) electrons. The van der Waals surface area contributed by atoms with Gasteiger partial charge in [0, 0.05) is 32.3 Å². The molecule has 54 valence electrons. The number of unbranched alkanes of at least 4 members (excludes halogenated alkanes) is 1. The van der Waals surface area contributed by atoms with Crippen LogP contribution in [0.4, 0.5) is 13.2 Å². The summed E-state index contributed by atoms with van der Waals surface area (Å²) in [7, 11) is 0. The van der Waals surface area contributed by atoms with Gasteiger partial charge in [-0.25, -0.2) is 0 Å². The normalized spacial score (nSPS) is 10.7. The van der Waals surface area contributed by atoms with E-state index in [1.165, 1.54) is 0 Å². The molecular formula is C5H9F3Hf. The van der Waals surface area contributed by atoms with Crippen molar-refractivity contribution in [1.82, 2.24) is 0 Å². The maximum Gasteiger partial charge on any atom is 0.389 e. The maximum absolute atomic E-state index is 11.2. The Hall–Kier alpha value is 0.660. The monoisotopic (exact) mass is 306 g/mol. The van der Waals surface area contributed by atoms with Crippen molar-refractivity contribution in [3.8, 4) is 0 Å². The van der Waals surface area contributed by atoms with Crippen molar-refractivity contribution >= 4 is 0 Å². The van der Waals surface area contributed by atoms with E-state index < -0.39 is 12.6 Å². The molecule has 9 heavy (non-hydrogen) atoms. The fourth-order valence-corrected chi connectivity index (χ4v) is 0.377. The van der Waals surface area contributed by atoms with Gasteiger partial charge >= 0.3 is 6.18 Å². The van der Waals surface area contributed by atoms with Crippen molar-refractivity contribution in [2.45, 2.75) is 32.4 Å². The summed E-state index contributed by atoms with van der Waals surface area (Å²) < 4.78 is 33.7. The second-order valence-corrected chi connectivity index (χ2v) is 1.72. The van der Waals surface area contributed by atoms with Gasteiger partial charge < -0.3 is 0 Å². The van der Waals surface area contributed by atoms with E-state index in [2.05, 4.69) is 0 Å². The van der Waals surface area contributed by atoms with Crippen LogP contribution in [0.1, 0.15) is 26.2 Å². The van der Waals surface area contributed by atoms with E-state index >= 15 is 0 Å². The van der Waals surface area contributed by atoms with Crippen LogP contribution in [-0.2, 0) is 25.8 Å². The summed E-state index contributed by atoms with van der Waals surface area (Å²) in [4.78, 5) is 0. The largest absolute Gasteiger partial charge is 0.389 e. The third-order valence-electron chi connectivity index (χ3n) is 0.814. The average Bonchev–Trinajstić information content (AvgIpc) is 1.59. The Balaban J connectivity index is 0. The van der Waals surface area contributed by atoms with E-state index in [1.807, 2.05) is 0 Å². The van der Waals surface area contributed by atoms with Gasteiger partial charge in [-0.3, -0.25) is 0 Å². The molecule has 0 atom stereocenters. The molecule has 0 saturated heterocycles. The van der Waals surface area contributed by atoms with Crippen molar-refractivity contribution in [1.29, 1.82) is 0 Å². The molecule has 0 aliphatic heterocycles. The van der Waals surface area contributed by atoms with Crippen LogP contribution in [0, 0.1) is 0 Å². The molecule has 0 aliphatic carbocycles. The second-order valence-electron chi connectivity index (χ2n) is 1.72. The van der Waals surface area contributed by atoms with Gasteiger partial charge in [-0.1, -0.05) is 13.3 Å². The molecule has 0 aromatic rings. The van der Waals surface area contributed by atoms with Crippen molar-refractivity contribution in [2.75, 3.05) is 0 Å².